The number of halogens is 2. The van der Waals surface area contributed by atoms with Crippen molar-refractivity contribution in [2.24, 2.45) is 0 Å². The van der Waals surface area contributed by atoms with Gasteiger partial charge in [0.2, 0.25) is 0 Å². The lowest BCUT2D eigenvalue weighted by Gasteiger charge is -2.11. The van der Waals surface area contributed by atoms with Gasteiger partial charge in [0.25, 0.3) is 5.91 Å². The molecule has 3 aromatic rings. The second-order valence-electron chi connectivity index (χ2n) is 6.97. The summed E-state index contributed by atoms with van der Waals surface area (Å²) in [6.07, 6.45) is 1.69. The van der Waals surface area contributed by atoms with E-state index in [9.17, 15) is 9.59 Å². The van der Waals surface area contributed by atoms with Crippen LogP contribution in [0.5, 0.6) is 5.75 Å². The average molecular weight is 636 g/mol. The Balaban J connectivity index is 1.44. The number of rotatable bonds is 6. The molecule has 7 heteroatoms. The summed E-state index contributed by atoms with van der Waals surface area (Å²) < 4.78 is 8.04. The molecule has 0 radical (unpaired) electrons. The molecular formula is C24H18I2N2O3. The molecule has 0 unspecified atom stereocenters. The minimum absolute atomic E-state index is 0.242. The van der Waals surface area contributed by atoms with Gasteiger partial charge in [0.1, 0.15) is 18.1 Å². The van der Waals surface area contributed by atoms with E-state index in [1.54, 1.807) is 6.08 Å². The van der Waals surface area contributed by atoms with Crippen LogP contribution in [0.1, 0.15) is 16.7 Å². The Morgan fingerprint density at radius 2 is 1.65 bits per heavy atom. The van der Waals surface area contributed by atoms with Gasteiger partial charge in [0.15, 0.2) is 0 Å². The summed E-state index contributed by atoms with van der Waals surface area (Å²) in [5.74, 6) is 0.441. The Labute approximate surface area is 207 Å². The molecule has 1 heterocycles. The lowest BCUT2D eigenvalue weighted by molar-refractivity contribution is -0.123. The van der Waals surface area contributed by atoms with Crippen LogP contribution in [0.25, 0.3) is 6.08 Å². The number of benzene rings is 3. The van der Waals surface area contributed by atoms with Gasteiger partial charge >= 0.3 is 6.03 Å². The third-order valence-corrected chi connectivity index (χ3v) is 6.28. The fraction of sp³-hybridized carbons (Fsp3) is 0.0833. The molecule has 1 N–H and O–H groups in total. The first kappa shape index (κ1) is 21.8. The maximum absolute atomic E-state index is 12.7. The van der Waals surface area contributed by atoms with Crippen molar-refractivity contribution in [3.05, 3.63) is 102 Å². The molecule has 1 saturated heterocycles. The highest BCUT2D eigenvalue weighted by atomic mass is 127. The van der Waals surface area contributed by atoms with E-state index in [-0.39, 0.29) is 18.1 Å². The second kappa shape index (κ2) is 9.82. The summed E-state index contributed by atoms with van der Waals surface area (Å²) in [5, 5.41) is 2.67. The molecule has 3 aromatic carbocycles. The topological polar surface area (TPSA) is 58.6 Å². The molecule has 0 atom stereocenters. The third-order valence-electron chi connectivity index (χ3n) is 4.72. The van der Waals surface area contributed by atoms with Crippen molar-refractivity contribution in [2.45, 2.75) is 13.2 Å². The lowest BCUT2D eigenvalue weighted by atomic mass is 10.1. The predicted octanol–water partition coefficient (Wildman–Crippen LogP) is 5.57. The van der Waals surface area contributed by atoms with Crippen molar-refractivity contribution in [2.75, 3.05) is 0 Å². The molecule has 1 aliphatic heterocycles. The highest BCUT2D eigenvalue weighted by Crippen LogP contribution is 2.25. The van der Waals surface area contributed by atoms with Crippen LogP contribution in [0, 0.1) is 7.14 Å². The van der Waals surface area contributed by atoms with Crippen LogP contribution in [0.4, 0.5) is 4.79 Å². The van der Waals surface area contributed by atoms with E-state index in [2.05, 4.69) is 50.5 Å². The first-order valence-electron chi connectivity index (χ1n) is 9.55. The standard InChI is InChI=1S/C24H18I2N2O3/c25-19-9-6-17(7-10-19)15-31-22-11-8-18(12-20(22)26)13-21-23(29)28(24(30)27-21)14-16-4-2-1-3-5-16/h1-13H,14-15H2,(H,27,30)/b21-13+. The first-order valence-corrected chi connectivity index (χ1v) is 11.7. The molecule has 1 fully saturated rings. The number of nitrogens with zero attached hydrogens (tertiary/aromatic N) is 1. The minimum atomic E-state index is -0.410. The van der Waals surface area contributed by atoms with Gasteiger partial charge < -0.3 is 10.1 Å². The largest absolute Gasteiger partial charge is 0.488 e. The third kappa shape index (κ3) is 5.45. The van der Waals surface area contributed by atoms with Crippen LogP contribution in [0.15, 0.2) is 78.5 Å². The number of carbonyl (C=O) groups excluding carboxylic acids is 2. The Morgan fingerprint density at radius 3 is 2.35 bits per heavy atom. The van der Waals surface area contributed by atoms with E-state index in [1.165, 1.54) is 8.47 Å². The number of nitrogens with one attached hydrogen (secondary N) is 1. The van der Waals surface area contributed by atoms with Gasteiger partial charge in [0, 0.05) is 3.57 Å². The van der Waals surface area contributed by atoms with Gasteiger partial charge in [-0.15, -0.1) is 0 Å². The van der Waals surface area contributed by atoms with Gasteiger partial charge in [-0.1, -0.05) is 48.5 Å². The van der Waals surface area contributed by atoms with E-state index in [0.29, 0.717) is 6.61 Å². The normalized spacial score (nSPS) is 14.8. The second-order valence-corrected chi connectivity index (χ2v) is 9.38. The number of carbonyl (C=O) groups is 2. The molecule has 0 aliphatic carbocycles. The summed E-state index contributed by atoms with van der Waals surface area (Å²) in [7, 11) is 0. The summed E-state index contributed by atoms with van der Waals surface area (Å²) in [5.41, 5.74) is 3.08. The predicted molar refractivity (Wildman–Crippen MR) is 136 cm³/mol. The van der Waals surface area contributed by atoms with Crippen LogP contribution >= 0.6 is 45.2 Å². The summed E-state index contributed by atoms with van der Waals surface area (Å²) in [4.78, 5) is 26.2. The maximum atomic E-state index is 12.7. The molecule has 31 heavy (non-hydrogen) atoms. The Morgan fingerprint density at radius 1 is 0.903 bits per heavy atom. The smallest absolute Gasteiger partial charge is 0.329 e. The van der Waals surface area contributed by atoms with Crippen molar-refractivity contribution in [3.63, 3.8) is 0 Å². The van der Waals surface area contributed by atoms with Gasteiger partial charge in [-0.05, 0) is 92.2 Å². The van der Waals surface area contributed by atoms with E-state index >= 15 is 0 Å². The number of amides is 3. The van der Waals surface area contributed by atoms with Gasteiger partial charge in [-0.25, -0.2) is 4.79 Å². The van der Waals surface area contributed by atoms with E-state index in [1.807, 2.05) is 72.8 Å². The highest BCUT2D eigenvalue weighted by molar-refractivity contribution is 14.1. The van der Waals surface area contributed by atoms with Crippen molar-refractivity contribution in [1.82, 2.24) is 10.2 Å². The fourth-order valence-electron chi connectivity index (χ4n) is 3.11. The zero-order valence-corrected chi connectivity index (χ0v) is 20.7. The van der Waals surface area contributed by atoms with Crippen LogP contribution in [-0.2, 0) is 17.9 Å². The molecule has 4 rings (SSSR count). The maximum Gasteiger partial charge on any atom is 0.329 e. The first-order chi connectivity index (χ1) is 15.0. The monoisotopic (exact) mass is 636 g/mol. The summed E-state index contributed by atoms with van der Waals surface area (Å²) >= 11 is 4.48. The SMILES string of the molecule is O=C1N/C(=C/c2ccc(OCc3ccc(I)cc3)c(I)c2)C(=O)N1Cc1ccccc1. The minimum Gasteiger partial charge on any atom is -0.488 e. The van der Waals surface area contributed by atoms with E-state index in [0.717, 1.165) is 26.0 Å². The molecule has 0 spiro atoms. The Hall–Kier alpha value is -2.40. The van der Waals surface area contributed by atoms with Gasteiger partial charge in [0.05, 0.1) is 10.1 Å². The molecule has 0 saturated carbocycles. The van der Waals surface area contributed by atoms with Crippen LogP contribution in [0.3, 0.4) is 0 Å². The zero-order valence-electron chi connectivity index (χ0n) is 16.3. The van der Waals surface area contributed by atoms with E-state index < -0.39 is 6.03 Å². The summed E-state index contributed by atoms with van der Waals surface area (Å²) in [6, 6.07) is 22.9. The Kier molecular flexibility index (Phi) is 6.91. The quantitative estimate of drug-likeness (QED) is 0.219. The number of hydrogen-bond donors (Lipinski definition) is 1. The van der Waals surface area contributed by atoms with Gasteiger partial charge in [-0.2, -0.15) is 0 Å². The highest BCUT2D eigenvalue weighted by Gasteiger charge is 2.33. The van der Waals surface area contributed by atoms with E-state index in [4.69, 9.17) is 4.74 Å². The number of urea groups is 1. The molecule has 156 valence electrons. The molecule has 0 bridgehead atoms. The van der Waals surface area contributed by atoms with Crippen molar-refractivity contribution in [3.8, 4) is 5.75 Å². The van der Waals surface area contributed by atoms with Crippen LogP contribution in [-0.4, -0.2) is 16.8 Å². The van der Waals surface area contributed by atoms with Crippen molar-refractivity contribution in [1.29, 1.82) is 0 Å². The molecule has 3 amide bonds. The Bertz CT molecular complexity index is 1150. The van der Waals surface area contributed by atoms with Gasteiger partial charge in [-0.3, -0.25) is 9.69 Å². The molecule has 0 aromatic heterocycles. The number of hydrogen-bond acceptors (Lipinski definition) is 3. The molecule has 1 aliphatic rings. The van der Waals surface area contributed by atoms with Crippen molar-refractivity contribution >= 4 is 63.2 Å². The van der Waals surface area contributed by atoms with Crippen molar-refractivity contribution < 1.29 is 14.3 Å². The summed E-state index contributed by atoms with van der Waals surface area (Å²) in [6.45, 7) is 0.724. The van der Waals surface area contributed by atoms with Crippen LogP contribution < -0.4 is 10.1 Å². The number of imide groups is 1. The fourth-order valence-corrected chi connectivity index (χ4v) is 4.17. The lowest BCUT2D eigenvalue weighted by Crippen LogP contribution is -2.30. The number of ether oxygens (including phenoxy) is 1. The molecular weight excluding hydrogens is 618 g/mol. The average Bonchev–Trinajstić information content (AvgIpc) is 3.02. The zero-order chi connectivity index (χ0) is 21.8. The van der Waals surface area contributed by atoms with Crippen LogP contribution in [0.2, 0.25) is 0 Å². The molecule has 5 nitrogen and oxygen atoms in total.